The lowest BCUT2D eigenvalue weighted by Crippen LogP contribution is -2.14. The topological polar surface area (TPSA) is 89.8 Å². The third kappa shape index (κ3) is 2.89. The van der Waals surface area contributed by atoms with Crippen molar-refractivity contribution >= 4 is 38.9 Å². The molecule has 0 aliphatic carbocycles. The van der Waals surface area contributed by atoms with Gasteiger partial charge in [0, 0.05) is 0 Å². The van der Waals surface area contributed by atoms with Crippen LogP contribution in [0.4, 0.5) is 5.69 Å². The maximum absolute atomic E-state index is 11.4. The third-order valence-electron chi connectivity index (χ3n) is 1.97. The van der Waals surface area contributed by atoms with Crippen molar-refractivity contribution in [2.75, 3.05) is 9.93 Å². The number of tetrazole rings is 1. The molecule has 0 amide bonds. The van der Waals surface area contributed by atoms with Crippen molar-refractivity contribution in [1.29, 1.82) is 0 Å². The first-order valence-electron chi connectivity index (χ1n) is 4.61. The van der Waals surface area contributed by atoms with Gasteiger partial charge >= 0.3 is 0 Å². The van der Waals surface area contributed by atoms with Crippen LogP contribution in [0.15, 0.2) is 24.5 Å². The molecule has 1 heterocycles. The first-order chi connectivity index (χ1) is 8.52. The summed E-state index contributed by atoms with van der Waals surface area (Å²) in [5.41, 5.74) is 0.780. The largest absolute Gasteiger partial charge is 0.281 e. The number of aromatic nitrogens is 4. The Balaban J connectivity index is 2.39. The second-order valence-corrected chi connectivity index (χ2v) is 5.96. The maximum atomic E-state index is 11.4. The molecule has 1 aromatic carbocycles. The summed E-state index contributed by atoms with van der Waals surface area (Å²) in [6, 6.07) is 4.69. The summed E-state index contributed by atoms with van der Waals surface area (Å²) in [6.07, 6.45) is 1.38. The van der Waals surface area contributed by atoms with E-state index in [0.29, 0.717) is 5.69 Å². The Morgan fingerprint density at radius 1 is 1.39 bits per heavy atom. The van der Waals surface area contributed by atoms with E-state index in [1.54, 1.807) is 6.07 Å². The number of anilines is 1. The molecule has 0 radical (unpaired) electrons. The zero-order valence-electron chi connectivity index (χ0n) is 8.79. The highest BCUT2D eigenvalue weighted by molar-refractivity contribution is 7.93. The van der Waals surface area contributed by atoms with Crippen LogP contribution in [-0.4, -0.2) is 33.8 Å². The molecule has 18 heavy (non-hydrogen) atoms. The molecule has 1 N–H and O–H groups in total. The number of halogens is 2. The molecular formula is C8H7Cl2N5O2S. The molecular weight excluding hydrogens is 301 g/mol. The van der Waals surface area contributed by atoms with Crippen LogP contribution in [0, 0.1) is 0 Å². The summed E-state index contributed by atoms with van der Waals surface area (Å²) in [5, 5.41) is 10.3. The molecule has 2 rings (SSSR count). The van der Waals surface area contributed by atoms with Crippen LogP contribution in [0.1, 0.15) is 0 Å². The van der Waals surface area contributed by atoms with E-state index in [9.17, 15) is 8.42 Å². The van der Waals surface area contributed by atoms with Gasteiger partial charge in [0.1, 0.15) is 11.5 Å². The van der Waals surface area contributed by atoms with Crippen molar-refractivity contribution in [3.05, 3.63) is 29.5 Å². The van der Waals surface area contributed by atoms with Crippen LogP contribution in [0.2, 0.25) is 5.02 Å². The van der Waals surface area contributed by atoms with Crippen molar-refractivity contribution in [1.82, 2.24) is 20.2 Å². The van der Waals surface area contributed by atoms with Gasteiger partial charge < -0.3 is 0 Å². The molecule has 10 heteroatoms. The SMILES string of the molecule is O=S(=O)(CCl)Nc1cc(-n2cnnn2)ccc1Cl. The predicted octanol–water partition coefficient (Wildman–Crippen LogP) is 1.25. The van der Waals surface area contributed by atoms with Crippen LogP contribution < -0.4 is 4.72 Å². The molecule has 1 aromatic heterocycles. The average Bonchev–Trinajstić information content (AvgIpc) is 2.85. The quantitative estimate of drug-likeness (QED) is 0.859. The zero-order chi connectivity index (χ0) is 13.2. The smallest absolute Gasteiger partial charge is 0.246 e. The minimum atomic E-state index is -3.61. The third-order valence-corrected chi connectivity index (χ3v) is 3.98. The lowest BCUT2D eigenvalue weighted by atomic mass is 10.3. The van der Waals surface area contributed by atoms with Crippen LogP contribution in [-0.2, 0) is 10.0 Å². The molecule has 2 aromatic rings. The monoisotopic (exact) mass is 307 g/mol. The van der Waals surface area contributed by atoms with Crippen molar-refractivity contribution in [2.24, 2.45) is 0 Å². The maximum Gasteiger partial charge on any atom is 0.246 e. The summed E-state index contributed by atoms with van der Waals surface area (Å²) < 4.78 is 26.4. The van der Waals surface area contributed by atoms with Crippen molar-refractivity contribution in [2.45, 2.75) is 0 Å². The Morgan fingerprint density at radius 3 is 2.78 bits per heavy atom. The molecule has 0 fully saturated rings. The van der Waals surface area contributed by atoms with Gasteiger partial charge in [-0.05, 0) is 28.6 Å². The Bertz CT molecular complexity index is 644. The van der Waals surface area contributed by atoms with E-state index in [1.165, 1.54) is 23.1 Å². The molecule has 0 aliphatic rings. The van der Waals surface area contributed by atoms with E-state index >= 15 is 0 Å². The molecule has 0 bridgehead atoms. The van der Waals surface area contributed by atoms with Crippen molar-refractivity contribution in [3.63, 3.8) is 0 Å². The summed E-state index contributed by atoms with van der Waals surface area (Å²) in [6.45, 7) is 0. The van der Waals surface area contributed by atoms with Gasteiger partial charge in [-0.2, -0.15) is 0 Å². The van der Waals surface area contributed by atoms with Crippen LogP contribution in [0.25, 0.3) is 5.69 Å². The molecule has 0 saturated heterocycles. The predicted molar refractivity (Wildman–Crippen MR) is 67.4 cm³/mol. The normalized spacial score (nSPS) is 11.4. The summed E-state index contributed by atoms with van der Waals surface area (Å²) >= 11 is 11.2. The Morgan fingerprint density at radius 2 is 2.17 bits per heavy atom. The van der Waals surface area contributed by atoms with E-state index in [2.05, 4.69) is 20.2 Å². The molecule has 0 spiro atoms. The second kappa shape index (κ2) is 5.09. The number of sulfonamides is 1. The lowest BCUT2D eigenvalue weighted by Gasteiger charge is -2.09. The van der Waals surface area contributed by atoms with Gasteiger partial charge in [0.05, 0.1) is 16.4 Å². The van der Waals surface area contributed by atoms with Crippen molar-refractivity contribution < 1.29 is 8.42 Å². The fourth-order valence-electron chi connectivity index (χ4n) is 1.21. The van der Waals surface area contributed by atoms with Gasteiger partial charge in [0.2, 0.25) is 10.0 Å². The van der Waals surface area contributed by atoms with Gasteiger partial charge in [0.25, 0.3) is 0 Å². The van der Waals surface area contributed by atoms with Gasteiger partial charge in [-0.15, -0.1) is 16.7 Å². The molecule has 7 nitrogen and oxygen atoms in total. The zero-order valence-corrected chi connectivity index (χ0v) is 11.1. The highest BCUT2D eigenvalue weighted by atomic mass is 35.5. The van der Waals surface area contributed by atoms with E-state index in [0.717, 1.165) is 0 Å². The molecule has 0 atom stereocenters. The summed E-state index contributed by atoms with van der Waals surface area (Å²) in [7, 11) is -3.61. The first kappa shape index (κ1) is 13.1. The number of nitrogens with zero attached hydrogens (tertiary/aromatic N) is 4. The Kier molecular flexibility index (Phi) is 3.69. The van der Waals surface area contributed by atoms with Gasteiger partial charge in [0.15, 0.2) is 0 Å². The minimum absolute atomic E-state index is 0.213. The second-order valence-electron chi connectivity index (χ2n) is 3.24. The van der Waals surface area contributed by atoms with E-state index in [1.807, 2.05) is 0 Å². The highest BCUT2D eigenvalue weighted by Crippen LogP contribution is 2.25. The van der Waals surface area contributed by atoms with E-state index in [4.69, 9.17) is 23.2 Å². The fraction of sp³-hybridized carbons (Fsp3) is 0.125. The molecule has 0 aliphatic heterocycles. The van der Waals surface area contributed by atoms with E-state index < -0.39 is 15.2 Å². The standard InChI is InChI=1S/C8H7Cl2N5O2S/c9-4-18(16,17)12-8-3-6(1-2-7(8)10)15-5-11-13-14-15/h1-3,5,12H,4H2. The van der Waals surface area contributed by atoms with Gasteiger partial charge in [-0.3, -0.25) is 4.72 Å². The molecule has 96 valence electrons. The summed E-state index contributed by atoms with van der Waals surface area (Å²) in [4.78, 5) is 0. The highest BCUT2D eigenvalue weighted by Gasteiger charge is 2.12. The number of alkyl halides is 1. The number of hydrogen-bond acceptors (Lipinski definition) is 5. The number of hydrogen-bond donors (Lipinski definition) is 1. The van der Waals surface area contributed by atoms with Crippen LogP contribution in [0.3, 0.4) is 0 Å². The van der Waals surface area contributed by atoms with Crippen molar-refractivity contribution in [3.8, 4) is 5.69 Å². The van der Waals surface area contributed by atoms with Gasteiger partial charge in [-0.25, -0.2) is 13.1 Å². The number of rotatable bonds is 4. The molecule has 0 unspecified atom stereocenters. The average molecular weight is 308 g/mol. The first-order valence-corrected chi connectivity index (χ1v) is 7.18. The van der Waals surface area contributed by atoms with Crippen LogP contribution >= 0.6 is 23.2 Å². The van der Waals surface area contributed by atoms with E-state index in [-0.39, 0.29) is 10.7 Å². The minimum Gasteiger partial charge on any atom is -0.281 e. The Labute approximate surface area is 113 Å². The summed E-state index contributed by atoms with van der Waals surface area (Å²) in [5.74, 6) is 0. The number of nitrogens with one attached hydrogen (secondary N) is 1. The lowest BCUT2D eigenvalue weighted by molar-refractivity contribution is 0.605. The number of benzene rings is 1. The Hall–Kier alpha value is -1.38. The fourth-order valence-corrected chi connectivity index (χ4v) is 2.15. The van der Waals surface area contributed by atoms with Gasteiger partial charge in [-0.1, -0.05) is 11.6 Å². The molecule has 0 saturated carbocycles. The van der Waals surface area contributed by atoms with Crippen LogP contribution in [0.5, 0.6) is 0 Å².